The zero-order valence-electron chi connectivity index (χ0n) is 23.6. The molecule has 206 valence electrons. The number of nitrogens with zero attached hydrogens (tertiary/aromatic N) is 1. The average Bonchev–Trinajstić information content (AvgIpc) is 3.62. The number of benzene rings is 4. The fourth-order valence-corrected chi connectivity index (χ4v) is 6.00. The first-order valence-corrected chi connectivity index (χ1v) is 13.7. The van der Waals surface area contributed by atoms with Crippen LogP contribution in [-0.2, 0) is 16.5 Å². The Kier molecular flexibility index (Phi) is 8.01. The van der Waals surface area contributed by atoms with Gasteiger partial charge in [0, 0.05) is 44.8 Å². The Hall–Kier alpha value is -3.11. The minimum absolute atomic E-state index is 0. The Morgan fingerprint density at radius 1 is 0.769 bits per heavy atom. The fourth-order valence-electron chi connectivity index (χ4n) is 6.00. The third kappa shape index (κ3) is 4.67. The second kappa shape index (κ2) is 10.8. The van der Waals surface area contributed by atoms with E-state index in [1.807, 2.05) is 36.4 Å². The second-order valence-corrected chi connectivity index (χ2v) is 11.2. The van der Waals surface area contributed by atoms with Crippen molar-refractivity contribution in [2.24, 2.45) is 0 Å². The maximum atomic E-state index is 9.91. The van der Waals surface area contributed by atoms with Gasteiger partial charge in [0.25, 0.3) is 0 Å². The molecular formula is C34H39N2NiO2+. The Balaban J connectivity index is 0.000000184. The molecule has 4 aromatic carbocycles. The molecule has 2 aliphatic heterocycles. The zero-order chi connectivity index (χ0) is 27.2. The molecule has 6 rings (SSSR count). The maximum absolute atomic E-state index is 9.91. The van der Waals surface area contributed by atoms with Crippen molar-refractivity contribution in [1.29, 1.82) is 0 Å². The number of hydrogen-bond acceptors (Lipinski definition) is 3. The van der Waals surface area contributed by atoms with Gasteiger partial charge < -0.3 is 10.2 Å². The molecule has 2 heterocycles. The second-order valence-electron chi connectivity index (χ2n) is 11.2. The molecule has 3 N–H and O–H groups in total. The number of rotatable bonds is 4. The number of nitrogens with one attached hydrogen (secondary N) is 1. The van der Waals surface area contributed by atoms with Crippen molar-refractivity contribution in [3.63, 3.8) is 0 Å². The summed E-state index contributed by atoms with van der Waals surface area (Å²) in [7, 11) is 0. The van der Waals surface area contributed by atoms with Gasteiger partial charge in [0.05, 0.1) is 0 Å². The smallest absolute Gasteiger partial charge is 0.241 e. The Labute approximate surface area is 242 Å². The number of aryl methyl sites for hydroxylation is 1. The molecule has 5 heteroatoms. The van der Waals surface area contributed by atoms with Crippen LogP contribution in [0.2, 0.25) is 0 Å². The van der Waals surface area contributed by atoms with Crippen molar-refractivity contribution < 1.29 is 26.7 Å². The van der Waals surface area contributed by atoms with E-state index in [2.05, 4.69) is 83.5 Å². The quantitative estimate of drug-likeness (QED) is 0.0762. The molecule has 0 saturated carbocycles. The fraction of sp³-hybridized carbons (Fsp3) is 0.294. The van der Waals surface area contributed by atoms with Crippen LogP contribution in [0.1, 0.15) is 69.6 Å². The predicted molar refractivity (Wildman–Crippen MR) is 160 cm³/mol. The number of hydrogen-bond donors (Lipinski definition) is 3. The van der Waals surface area contributed by atoms with Gasteiger partial charge in [0.15, 0.2) is 17.2 Å². The first-order chi connectivity index (χ1) is 18.2. The first-order valence-electron chi connectivity index (χ1n) is 13.7. The molecule has 0 radical (unpaired) electrons. The molecule has 0 spiro atoms. The summed E-state index contributed by atoms with van der Waals surface area (Å²) in [6.07, 6.45) is 10.1. The van der Waals surface area contributed by atoms with Crippen LogP contribution >= 0.6 is 0 Å². The van der Waals surface area contributed by atoms with Gasteiger partial charge in [-0.25, -0.2) is 0 Å². The van der Waals surface area contributed by atoms with E-state index in [1.165, 1.54) is 22.4 Å². The normalized spacial score (nSPS) is 21.0. The van der Waals surface area contributed by atoms with Crippen LogP contribution in [0.15, 0.2) is 85.1 Å². The summed E-state index contributed by atoms with van der Waals surface area (Å²) >= 11 is 0. The number of phenols is 2. The molecule has 2 aliphatic rings. The van der Waals surface area contributed by atoms with Crippen LogP contribution in [0.5, 0.6) is 11.5 Å². The molecule has 1 fully saturated rings. The number of aromatic hydroxyl groups is 2. The zero-order valence-corrected chi connectivity index (χ0v) is 24.6. The van der Waals surface area contributed by atoms with E-state index < -0.39 is 0 Å². The Bertz CT molecular complexity index is 1500. The van der Waals surface area contributed by atoms with Crippen LogP contribution in [0.25, 0.3) is 21.5 Å². The molecule has 0 amide bonds. The largest absolute Gasteiger partial charge is 0.504 e. The van der Waals surface area contributed by atoms with Crippen molar-refractivity contribution in [2.75, 3.05) is 0 Å². The summed E-state index contributed by atoms with van der Waals surface area (Å²) in [5.74, 6) is 0.955. The van der Waals surface area contributed by atoms with E-state index in [0.29, 0.717) is 22.6 Å². The Morgan fingerprint density at radius 2 is 1.23 bits per heavy atom. The van der Waals surface area contributed by atoms with E-state index in [-0.39, 0.29) is 33.7 Å². The van der Waals surface area contributed by atoms with Crippen LogP contribution in [0.4, 0.5) is 5.69 Å². The SMILES string of the molecule is CCC12C=CC=C[N+]1(c1c(C(C)C)cc(C)cc1C(C)C)N2.Oc1c(O)c2ccccc2c2ccccc12.[Ni]. The number of phenolic OH excluding ortho intramolecular Hbond substituents is 2. The molecule has 0 aromatic heterocycles. The van der Waals surface area contributed by atoms with Crippen molar-refractivity contribution in [3.05, 3.63) is 102 Å². The molecule has 0 bridgehead atoms. The minimum Gasteiger partial charge on any atom is -0.504 e. The van der Waals surface area contributed by atoms with Crippen molar-refractivity contribution in [1.82, 2.24) is 10.0 Å². The molecule has 4 nitrogen and oxygen atoms in total. The molecule has 4 aromatic rings. The van der Waals surface area contributed by atoms with Crippen molar-refractivity contribution in [3.8, 4) is 11.5 Å². The Morgan fingerprint density at radius 3 is 1.67 bits per heavy atom. The monoisotopic (exact) mass is 565 g/mol. The summed E-state index contributed by atoms with van der Waals surface area (Å²) in [5, 5.41) is 23.1. The van der Waals surface area contributed by atoms with Crippen LogP contribution in [0, 0.1) is 6.92 Å². The molecule has 39 heavy (non-hydrogen) atoms. The number of fused-ring (bicyclic) bond motifs is 4. The van der Waals surface area contributed by atoms with Crippen LogP contribution in [-0.4, -0.2) is 15.9 Å². The van der Waals surface area contributed by atoms with E-state index in [0.717, 1.165) is 21.8 Å². The minimum atomic E-state index is -0.0469. The summed E-state index contributed by atoms with van der Waals surface area (Å²) in [5.41, 5.74) is 9.65. The van der Waals surface area contributed by atoms with Gasteiger partial charge in [-0.15, -0.1) is 0 Å². The maximum Gasteiger partial charge on any atom is 0.241 e. The van der Waals surface area contributed by atoms with E-state index in [1.54, 1.807) is 12.1 Å². The molecule has 2 atom stereocenters. The standard InChI is InChI=1S/C20H29N2.C14H10O2.Ni/c1-7-20-10-8-9-11-22(20,21-20)19-17(14(2)3)12-16(6)13-18(19)15(4)5;15-13-11-7-3-1-5-9(11)10-6-2-4-8-12(10)14(13)16;/h8-15,21H,7H2,1-6H3;1-8,15-16H;/q+1;;. The third-order valence-corrected chi connectivity index (χ3v) is 8.07. The van der Waals surface area contributed by atoms with Crippen molar-refractivity contribution >= 4 is 27.2 Å². The average molecular weight is 566 g/mol. The van der Waals surface area contributed by atoms with Crippen molar-refractivity contribution in [2.45, 2.75) is 65.5 Å². The predicted octanol–water partition coefficient (Wildman–Crippen LogP) is 8.66. The van der Waals surface area contributed by atoms with Crippen LogP contribution in [0.3, 0.4) is 0 Å². The van der Waals surface area contributed by atoms with Gasteiger partial charge in [-0.05, 0) is 53.8 Å². The molecular weight excluding hydrogens is 527 g/mol. The molecule has 2 unspecified atom stereocenters. The summed E-state index contributed by atoms with van der Waals surface area (Å²) in [6.45, 7) is 13.7. The van der Waals surface area contributed by atoms with E-state index >= 15 is 0 Å². The summed E-state index contributed by atoms with van der Waals surface area (Å²) in [4.78, 5) is 0. The molecule has 1 saturated heterocycles. The van der Waals surface area contributed by atoms with Gasteiger partial charge in [-0.2, -0.15) is 4.59 Å². The topological polar surface area (TPSA) is 62.4 Å². The van der Waals surface area contributed by atoms with Gasteiger partial charge >= 0.3 is 0 Å². The number of quaternary nitrogens is 1. The third-order valence-electron chi connectivity index (χ3n) is 8.07. The van der Waals surface area contributed by atoms with Gasteiger partial charge in [-0.1, -0.05) is 100 Å². The summed E-state index contributed by atoms with van der Waals surface area (Å²) in [6, 6.07) is 19.8. The van der Waals surface area contributed by atoms with Gasteiger partial charge in [0.1, 0.15) is 6.20 Å². The first kappa shape index (κ1) is 28.9. The van der Waals surface area contributed by atoms with E-state index in [4.69, 9.17) is 0 Å². The van der Waals surface area contributed by atoms with Gasteiger partial charge in [0.2, 0.25) is 5.66 Å². The van der Waals surface area contributed by atoms with Crippen LogP contribution < -0.4 is 10.0 Å². The van der Waals surface area contributed by atoms with E-state index in [9.17, 15) is 10.2 Å². The number of allylic oxidation sites excluding steroid dienone is 2. The van der Waals surface area contributed by atoms with Gasteiger partial charge in [-0.3, -0.25) is 0 Å². The summed E-state index contributed by atoms with van der Waals surface area (Å²) < 4.78 is 0.793. The molecule has 0 aliphatic carbocycles.